The fourth-order valence-corrected chi connectivity index (χ4v) is 3.74. The Balaban J connectivity index is 1.82. The van der Waals surface area contributed by atoms with E-state index >= 15 is 0 Å². The summed E-state index contributed by atoms with van der Waals surface area (Å²) in [4.78, 5) is 14.4. The van der Waals surface area contributed by atoms with E-state index < -0.39 is 0 Å². The van der Waals surface area contributed by atoms with Gasteiger partial charge in [-0.15, -0.1) is 11.3 Å². The summed E-state index contributed by atoms with van der Waals surface area (Å²) >= 11 is 7.65. The van der Waals surface area contributed by atoms with Crippen LogP contribution in [0.3, 0.4) is 0 Å². The average Bonchev–Trinajstić information content (AvgIpc) is 2.87. The van der Waals surface area contributed by atoms with Crippen molar-refractivity contribution in [3.05, 3.63) is 44.6 Å². The first kappa shape index (κ1) is 13.5. The van der Waals surface area contributed by atoms with Crippen molar-refractivity contribution in [1.82, 2.24) is 0 Å². The van der Waals surface area contributed by atoms with Gasteiger partial charge in [0.15, 0.2) is 0 Å². The van der Waals surface area contributed by atoms with Crippen molar-refractivity contribution in [2.45, 2.75) is 25.7 Å². The second-order valence-corrected chi connectivity index (χ2v) is 6.50. The standard InChI is InChI=1S/C15H15ClN2OS/c16-11-6-5-10(17)8-12(11)18-15(19)14-7-9-3-1-2-4-13(9)20-14/h5-8H,1-4,17H2,(H,18,19). The molecule has 1 aliphatic carbocycles. The zero-order chi connectivity index (χ0) is 14.1. The summed E-state index contributed by atoms with van der Waals surface area (Å²) in [6.45, 7) is 0. The minimum atomic E-state index is -0.114. The topological polar surface area (TPSA) is 55.1 Å². The largest absolute Gasteiger partial charge is 0.399 e. The molecule has 1 heterocycles. The SMILES string of the molecule is Nc1ccc(Cl)c(NC(=O)c2cc3c(s2)CCCC3)c1. The number of halogens is 1. The molecule has 104 valence electrons. The van der Waals surface area contributed by atoms with Gasteiger partial charge in [-0.05, 0) is 55.5 Å². The molecule has 2 aromatic rings. The number of nitrogen functional groups attached to an aromatic ring is 1. The van der Waals surface area contributed by atoms with E-state index in [1.807, 2.05) is 6.07 Å². The van der Waals surface area contributed by atoms with Gasteiger partial charge in [0.05, 0.1) is 15.6 Å². The maximum absolute atomic E-state index is 12.3. The maximum atomic E-state index is 12.3. The zero-order valence-electron chi connectivity index (χ0n) is 10.9. The number of carbonyl (C=O) groups is 1. The van der Waals surface area contributed by atoms with Crippen LogP contribution in [-0.2, 0) is 12.8 Å². The average molecular weight is 307 g/mol. The molecule has 0 unspecified atom stereocenters. The number of anilines is 2. The number of benzene rings is 1. The van der Waals surface area contributed by atoms with Crippen molar-refractivity contribution in [3.63, 3.8) is 0 Å². The normalized spacial score (nSPS) is 13.8. The second kappa shape index (κ2) is 5.46. The third-order valence-corrected chi connectivity index (χ3v) is 5.02. The number of nitrogens with one attached hydrogen (secondary N) is 1. The quantitative estimate of drug-likeness (QED) is 0.820. The van der Waals surface area contributed by atoms with Crippen molar-refractivity contribution in [3.8, 4) is 0 Å². The van der Waals surface area contributed by atoms with Crippen molar-refractivity contribution >= 4 is 40.2 Å². The van der Waals surface area contributed by atoms with Gasteiger partial charge in [0, 0.05) is 10.6 Å². The molecule has 0 saturated heterocycles. The Morgan fingerprint density at radius 2 is 2.05 bits per heavy atom. The molecule has 1 aromatic carbocycles. The van der Waals surface area contributed by atoms with E-state index in [4.69, 9.17) is 17.3 Å². The molecule has 0 saturated carbocycles. The number of amides is 1. The van der Waals surface area contributed by atoms with Gasteiger partial charge in [0.25, 0.3) is 5.91 Å². The van der Waals surface area contributed by atoms with Gasteiger partial charge < -0.3 is 11.1 Å². The van der Waals surface area contributed by atoms with Crippen molar-refractivity contribution in [2.75, 3.05) is 11.1 Å². The van der Waals surface area contributed by atoms with Crippen LogP contribution in [0.15, 0.2) is 24.3 Å². The number of rotatable bonds is 2. The Kier molecular flexibility index (Phi) is 3.68. The molecule has 3 nitrogen and oxygen atoms in total. The number of hydrogen-bond donors (Lipinski definition) is 2. The van der Waals surface area contributed by atoms with Gasteiger partial charge in [-0.3, -0.25) is 4.79 Å². The van der Waals surface area contributed by atoms with E-state index in [9.17, 15) is 4.79 Å². The lowest BCUT2D eigenvalue weighted by Gasteiger charge is -2.08. The highest BCUT2D eigenvalue weighted by molar-refractivity contribution is 7.14. The van der Waals surface area contributed by atoms with Crippen LogP contribution in [0, 0.1) is 0 Å². The molecule has 0 radical (unpaired) electrons. The molecule has 1 aliphatic rings. The van der Waals surface area contributed by atoms with Crippen LogP contribution in [0.4, 0.5) is 11.4 Å². The molecule has 3 N–H and O–H groups in total. The molecule has 5 heteroatoms. The molecule has 0 aliphatic heterocycles. The van der Waals surface area contributed by atoms with E-state index in [0.717, 1.165) is 17.7 Å². The predicted molar refractivity (Wildman–Crippen MR) is 84.8 cm³/mol. The third kappa shape index (κ3) is 2.67. The Morgan fingerprint density at radius 3 is 2.85 bits per heavy atom. The molecule has 3 rings (SSSR count). The summed E-state index contributed by atoms with van der Waals surface area (Å²) in [6.07, 6.45) is 4.60. The highest BCUT2D eigenvalue weighted by Gasteiger charge is 2.17. The summed E-state index contributed by atoms with van der Waals surface area (Å²) in [7, 11) is 0. The number of nitrogens with two attached hydrogens (primary N) is 1. The van der Waals surface area contributed by atoms with Gasteiger partial charge in [0.1, 0.15) is 0 Å². The number of carbonyl (C=O) groups excluding carboxylic acids is 1. The number of aryl methyl sites for hydroxylation is 2. The van der Waals surface area contributed by atoms with Crippen LogP contribution in [0.25, 0.3) is 0 Å². The highest BCUT2D eigenvalue weighted by atomic mass is 35.5. The summed E-state index contributed by atoms with van der Waals surface area (Å²) in [5.41, 5.74) is 8.18. The fraction of sp³-hybridized carbons (Fsp3) is 0.267. The van der Waals surface area contributed by atoms with Gasteiger partial charge in [-0.2, -0.15) is 0 Å². The monoisotopic (exact) mass is 306 g/mol. The van der Waals surface area contributed by atoms with E-state index in [-0.39, 0.29) is 5.91 Å². The van der Waals surface area contributed by atoms with Gasteiger partial charge in [0.2, 0.25) is 0 Å². The Hall–Kier alpha value is -1.52. The van der Waals surface area contributed by atoms with E-state index in [1.165, 1.54) is 23.3 Å². The summed E-state index contributed by atoms with van der Waals surface area (Å²) < 4.78 is 0. The Labute approximate surface area is 126 Å². The maximum Gasteiger partial charge on any atom is 0.265 e. The molecule has 0 fully saturated rings. The molecule has 20 heavy (non-hydrogen) atoms. The Morgan fingerprint density at radius 1 is 1.25 bits per heavy atom. The van der Waals surface area contributed by atoms with Crippen molar-refractivity contribution in [1.29, 1.82) is 0 Å². The van der Waals surface area contributed by atoms with E-state index in [2.05, 4.69) is 5.32 Å². The highest BCUT2D eigenvalue weighted by Crippen LogP contribution is 2.31. The first-order valence-corrected chi connectivity index (χ1v) is 7.81. The van der Waals surface area contributed by atoms with E-state index in [1.54, 1.807) is 29.5 Å². The predicted octanol–water partition coefficient (Wildman–Crippen LogP) is 4.11. The van der Waals surface area contributed by atoms with Crippen LogP contribution in [0.5, 0.6) is 0 Å². The minimum absolute atomic E-state index is 0.114. The number of hydrogen-bond acceptors (Lipinski definition) is 3. The molecular weight excluding hydrogens is 292 g/mol. The smallest absolute Gasteiger partial charge is 0.265 e. The molecule has 0 spiro atoms. The van der Waals surface area contributed by atoms with Crippen LogP contribution in [0.1, 0.15) is 33.0 Å². The van der Waals surface area contributed by atoms with Crippen molar-refractivity contribution < 1.29 is 4.79 Å². The first-order valence-electron chi connectivity index (χ1n) is 6.61. The molecule has 0 bridgehead atoms. The van der Waals surface area contributed by atoms with Gasteiger partial charge >= 0.3 is 0 Å². The molecule has 0 atom stereocenters. The molecule has 1 amide bonds. The number of fused-ring (bicyclic) bond motifs is 1. The van der Waals surface area contributed by atoms with Crippen molar-refractivity contribution in [2.24, 2.45) is 0 Å². The molecular formula is C15H15ClN2OS. The Bertz CT molecular complexity index is 642. The third-order valence-electron chi connectivity index (χ3n) is 3.46. The lowest BCUT2D eigenvalue weighted by molar-refractivity contribution is 0.103. The fourth-order valence-electron chi connectivity index (χ4n) is 2.43. The number of thiophene rings is 1. The van der Waals surface area contributed by atoms with Gasteiger partial charge in [-0.25, -0.2) is 0 Å². The van der Waals surface area contributed by atoms with Crippen LogP contribution in [-0.4, -0.2) is 5.91 Å². The first-order chi connectivity index (χ1) is 9.63. The zero-order valence-corrected chi connectivity index (χ0v) is 12.5. The minimum Gasteiger partial charge on any atom is -0.399 e. The van der Waals surface area contributed by atoms with Crippen LogP contribution >= 0.6 is 22.9 Å². The van der Waals surface area contributed by atoms with Gasteiger partial charge in [-0.1, -0.05) is 11.6 Å². The summed E-state index contributed by atoms with van der Waals surface area (Å²) in [5.74, 6) is -0.114. The van der Waals surface area contributed by atoms with E-state index in [0.29, 0.717) is 16.4 Å². The van der Waals surface area contributed by atoms with Crippen LogP contribution < -0.4 is 11.1 Å². The lowest BCUT2D eigenvalue weighted by atomic mass is 9.99. The lowest BCUT2D eigenvalue weighted by Crippen LogP contribution is -2.10. The van der Waals surface area contributed by atoms with Crippen LogP contribution in [0.2, 0.25) is 5.02 Å². The second-order valence-electron chi connectivity index (χ2n) is 4.96. The molecule has 1 aromatic heterocycles. The summed E-state index contributed by atoms with van der Waals surface area (Å²) in [6, 6.07) is 7.08. The summed E-state index contributed by atoms with van der Waals surface area (Å²) in [5, 5.41) is 3.33.